The summed E-state index contributed by atoms with van der Waals surface area (Å²) in [6.45, 7) is 4.96. The van der Waals surface area contributed by atoms with Gasteiger partial charge in [-0.3, -0.25) is 14.6 Å². The number of nitrogens with zero attached hydrogens (tertiary/aromatic N) is 4. The third kappa shape index (κ3) is 3.68. The smallest absolute Gasteiger partial charge is 0.225 e. The molecule has 0 radical (unpaired) electrons. The lowest BCUT2D eigenvalue weighted by molar-refractivity contribution is -0.129. The molecule has 2 unspecified atom stereocenters. The summed E-state index contributed by atoms with van der Waals surface area (Å²) in [4.78, 5) is 40.6. The molecule has 1 saturated carbocycles. The maximum absolute atomic E-state index is 13.0. The number of rotatable bonds is 4. The number of amides is 2. The molecule has 5 rings (SSSR count). The fraction of sp³-hybridized carbons (Fsp3) is 0.522. The van der Waals surface area contributed by atoms with Gasteiger partial charge in [-0.05, 0) is 43.2 Å². The Hall–Kier alpha value is -2.83. The molecule has 0 spiro atoms. The van der Waals surface area contributed by atoms with Gasteiger partial charge in [-0.2, -0.15) is 0 Å². The summed E-state index contributed by atoms with van der Waals surface area (Å²) in [6.07, 6.45) is 9.46. The molecule has 7 nitrogen and oxygen atoms in total. The maximum Gasteiger partial charge on any atom is 0.225 e. The van der Waals surface area contributed by atoms with Crippen LogP contribution in [0.3, 0.4) is 0 Å². The molecule has 30 heavy (non-hydrogen) atoms. The van der Waals surface area contributed by atoms with Crippen LogP contribution in [-0.2, 0) is 16.0 Å². The molecule has 1 aliphatic heterocycles. The van der Waals surface area contributed by atoms with Crippen LogP contribution >= 0.6 is 0 Å². The molecule has 156 valence electrons. The van der Waals surface area contributed by atoms with Crippen LogP contribution in [0.15, 0.2) is 30.7 Å². The molecule has 2 aromatic heterocycles. The number of pyridine rings is 1. The van der Waals surface area contributed by atoms with E-state index in [0.717, 1.165) is 42.5 Å². The Morgan fingerprint density at radius 3 is 2.73 bits per heavy atom. The van der Waals surface area contributed by atoms with Gasteiger partial charge in [0, 0.05) is 48.7 Å². The van der Waals surface area contributed by atoms with Crippen LogP contribution in [0.25, 0.3) is 11.4 Å². The van der Waals surface area contributed by atoms with E-state index in [9.17, 15) is 9.59 Å². The molecule has 1 saturated heterocycles. The standard InChI is InChI=1S/C23H27N5O2/c1-23(2)10-18-17(12-25-21(26-18)14-5-7-24-8-6-14)19(11-23)27-22(30)15-9-20(29)28(13-15)16-3-4-16/h5-8,12,15-16,19H,3-4,9-11,13H2,1-2H3,(H,27,30). The van der Waals surface area contributed by atoms with Gasteiger partial charge in [-0.1, -0.05) is 13.8 Å². The van der Waals surface area contributed by atoms with E-state index in [1.54, 1.807) is 12.4 Å². The highest BCUT2D eigenvalue weighted by molar-refractivity contribution is 5.89. The zero-order valence-corrected chi connectivity index (χ0v) is 17.5. The molecule has 7 heteroatoms. The van der Waals surface area contributed by atoms with Crippen LogP contribution in [0.2, 0.25) is 0 Å². The summed E-state index contributed by atoms with van der Waals surface area (Å²) >= 11 is 0. The van der Waals surface area contributed by atoms with E-state index in [4.69, 9.17) is 4.98 Å². The second kappa shape index (κ2) is 7.15. The van der Waals surface area contributed by atoms with Gasteiger partial charge >= 0.3 is 0 Å². The predicted molar refractivity (Wildman–Crippen MR) is 111 cm³/mol. The second-order valence-corrected chi connectivity index (χ2v) is 9.62. The van der Waals surface area contributed by atoms with E-state index in [0.29, 0.717) is 24.8 Å². The second-order valence-electron chi connectivity index (χ2n) is 9.62. The fourth-order valence-electron chi connectivity index (χ4n) is 4.75. The van der Waals surface area contributed by atoms with Crippen LogP contribution in [0.1, 0.15) is 56.8 Å². The highest BCUT2D eigenvalue weighted by atomic mass is 16.2. The third-order valence-corrected chi connectivity index (χ3v) is 6.45. The van der Waals surface area contributed by atoms with Crippen molar-refractivity contribution in [1.82, 2.24) is 25.2 Å². The molecule has 2 fully saturated rings. The Kier molecular flexibility index (Phi) is 4.56. The highest BCUT2D eigenvalue weighted by Crippen LogP contribution is 2.41. The van der Waals surface area contributed by atoms with E-state index in [-0.39, 0.29) is 29.2 Å². The lowest BCUT2D eigenvalue weighted by Crippen LogP contribution is -2.40. The Morgan fingerprint density at radius 1 is 1.23 bits per heavy atom. The summed E-state index contributed by atoms with van der Waals surface area (Å²) < 4.78 is 0. The molecule has 2 amide bonds. The van der Waals surface area contributed by atoms with Crippen molar-refractivity contribution in [2.75, 3.05) is 6.54 Å². The lowest BCUT2D eigenvalue weighted by Gasteiger charge is -2.37. The van der Waals surface area contributed by atoms with Crippen LogP contribution in [0.4, 0.5) is 0 Å². The Balaban J connectivity index is 1.37. The molecule has 0 bridgehead atoms. The van der Waals surface area contributed by atoms with Crippen molar-refractivity contribution < 1.29 is 9.59 Å². The predicted octanol–water partition coefficient (Wildman–Crippen LogP) is 2.68. The van der Waals surface area contributed by atoms with Gasteiger partial charge in [-0.25, -0.2) is 9.97 Å². The van der Waals surface area contributed by atoms with Crippen molar-refractivity contribution in [2.45, 2.75) is 58.0 Å². The average molecular weight is 406 g/mol. The van der Waals surface area contributed by atoms with Crippen molar-refractivity contribution in [3.05, 3.63) is 42.0 Å². The largest absolute Gasteiger partial charge is 0.349 e. The Labute approximate surface area is 176 Å². The van der Waals surface area contributed by atoms with Gasteiger partial charge in [0.1, 0.15) is 0 Å². The van der Waals surface area contributed by atoms with Gasteiger partial charge in [-0.15, -0.1) is 0 Å². The first-order valence-corrected chi connectivity index (χ1v) is 10.8. The van der Waals surface area contributed by atoms with Crippen LogP contribution in [0, 0.1) is 11.3 Å². The van der Waals surface area contributed by atoms with Crippen molar-refractivity contribution in [1.29, 1.82) is 0 Å². The number of fused-ring (bicyclic) bond motifs is 1. The molecule has 1 N–H and O–H groups in total. The average Bonchev–Trinajstić information content (AvgIpc) is 3.48. The monoisotopic (exact) mass is 405 g/mol. The van der Waals surface area contributed by atoms with Crippen LogP contribution in [-0.4, -0.2) is 44.3 Å². The van der Waals surface area contributed by atoms with Crippen molar-refractivity contribution in [2.24, 2.45) is 11.3 Å². The van der Waals surface area contributed by atoms with E-state index >= 15 is 0 Å². The summed E-state index contributed by atoms with van der Waals surface area (Å²) in [5.74, 6) is 0.509. The van der Waals surface area contributed by atoms with Gasteiger partial charge in [0.25, 0.3) is 0 Å². The van der Waals surface area contributed by atoms with E-state index < -0.39 is 0 Å². The van der Waals surface area contributed by atoms with Crippen molar-refractivity contribution in [3.63, 3.8) is 0 Å². The van der Waals surface area contributed by atoms with Gasteiger partial charge in [0.2, 0.25) is 11.8 Å². The van der Waals surface area contributed by atoms with Gasteiger partial charge in [0.15, 0.2) is 5.82 Å². The minimum absolute atomic E-state index is 0.0142. The third-order valence-electron chi connectivity index (χ3n) is 6.45. The lowest BCUT2D eigenvalue weighted by atomic mass is 9.74. The number of likely N-dealkylation sites (tertiary alicyclic amines) is 1. The van der Waals surface area contributed by atoms with Crippen molar-refractivity contribution in [3.8, 4) is 11.4 Å². The normalized spacial score (nSPS) is 25.1. The number of carbonyl (C=O) groups excluding carboxylic acids is 2. The Morgan fingerprint density at radius 2 is 2.00 bits per heavy atom. The molecule has 3 heterocycles. The summed E-state index contributed by atoms with van der Waals surface area (Å²) in [6, 6.07) is 4.03. The summed E-state index contributed by atoms with van der Waals surface area (Å²) in [5.41, 5.74) is 2.92. The van der Waals surface area contributed by atoms with E-state index in [2.05, 4.69) is 29.1 Å². The molecule has 2 atom stereocenters. The number of aromatic nitrogens is 3. The van der Waals surface area contributed by atoms with Crippen LogP contribution < -0.4 is 5.32 Å². The van der Waals surface area contributed by atoms with Crippen LogP contribution in [0.5, 0.6) is 0 Å². The first-order valence-electron chi connectivity index (χ1n) is 10.8. The minimum Gasteiger partial charge on any atom is -0.349 e. The van der Waals surface area contributed by atoms with E-state index in [1.807, 2.05) is 23.2 Å². The van der Waals surface area contributed by atoms with E-state index in [1.165, 1.54) is 0 Å². The van der Waals surface area contributed by atoms with Crippen molar-refractivity contribution >= 4 is 11.8 Å². The first-order chi connectivity index (χ1) is 14.4. The zero-order chi connectivity index (χ0) is 20.9. The maximum atomic E-state index is 13.0. The van der Waals surface area contributed by atoms with Gasteiger partial charge in [0.05, 0.1) is 17.7 Å². The zero-order valence-electron chi connectivity index (χ0n) is 17.5. The molecule has 0 aromatic carbocycles. The molecule has 2 aromatic rings. The SMILES string of the molecule is CC1(C)Cc2nc(-c3ccncc3)ncc2C(NC(=O)C2CC(=O)N(C3CC3)C2)C1. The summed E-state index contributed by atoms with van der Waals surface area (Å²) in [7, 11) is 0. The first kappa shape index (κ1) is 19.2. The fourth-order valence-corrected chi connectivity index (χ4v) is 4.75. The number of carbonyl (C=O) groups is 2. The molecular weight excluding hydrogens is 378 g/mol. The molecule has 3 aliphatic rings. The number of hydrogen-bond donors (Lipinski definition) is 1. The quantitative estimate of drug-likeness (QED) is 0.845. The number of hydrogen-bond acceptors (Lipinski definition) is 5. The highest BCUT2D eigenvalue weighted by Gasteiger charge is 2.43. The minimum atomic E-state index is -0.261. The molecule has 2 aliphatic carbocycles. The summed E-state index contributed by atoms with van der Waals surface area (Å²) in [5, 5.41) is 3.22. The Bertz CT molecular complexity index is 986. The molecular formula is C23H27N5O2. The topological polar surface area (TPSA) is 88.1 Å². The number of nitrogens with one attached hydrogen (secondary N) is 1. The van der Waals surface area contributed by atoms with Gasteiger partial charge < -0.3 is 10.2 Å².